The van der Waals surface area contributed by atoms with Crippen molar-refractivity contribution >= 4 is 11.6 Å². The second kappa shape index (κ2) is 33.2. The fraction of sp³-hybridized carbons (Fsp3) is 0.682. The summed E-state index contributed by atoms with van der Waals surface area (Å²) in [6.45, 7) is 11.7. The Balaban J connectivity index is 0.959. The molecule has 0 saturated heterocycles. The Morgan fingerprint density at radius 2 is 0.679 bits per heavy atom. The summed E-state index contributed by atoms with van der Waals surface area (Å²) in [4.78, 5) is 25.9. The SMILES string of the molecule is CCCCCCCCCCCCOCCOCCOCCOCCOCCOCCOCCOCCOCCOc1cccc2c1C(=O)c1ccccc1C2=O. The van der Waals surface area contributed by atoms with Crippen molar-refractivity contribution in [3.05, 3.63) is 64.7 Å². The third-order valence-electron chi connectivity index (χ3n) is 9.02. The van der Waals surface area contributed by atoms with E-state index >= 15 is 0 Å². The van der Waals surface area contributed by atoms with Gasteiger partial charge in [0.2, 0.25) is 0 Å². The molecule has 0 fully saturated rings. The van der Waals surface area contributed by atoms with Crippen LogP contribution in [0.15, 0.2) is 42.5 Å². The molecule has 0 bridgehead atoms. The highest BCUT2D eigenvalue weighted by Gasteiger charge is 2.31. The van der Waals surface area contributed by atoms with Crippen molar-refractivity contribution in [3.8, 4) is 5.75 Å². The molecule has 12 nitrogen and oxygen atoms in total. The lowest BCUT2D eigenvalue weighted by atomic mass is 9.83. The van der Waals surface area contributed by atoms with Gasteiger partial charge in [-0.2, -0.15) is 0 Å². The van der Waals surface area contributed by atoms with Gasteiger partial charge >= 0.3 is 0 Å². The summed E-state index contributed by atoms with van der Waals surface area (Å²) in [6.07, 6.45) is 13.4. The summed E-state index contributed by atoms with van der Waals surface area (Å²) < 4.78 is 55.8. The van der Waals surface area contributed by atoms with E-state index in [1.54, 1.807) is 42.5 Å². The molecule has 0 N–H and O–H groups in total. The van der Waals surface area contributed by atoms with Crippen molar-refractivity contribution < 1.29 is 57.0 Å². The van der Waals surface area contributed by atoms with Crippen LogP contribution in [0.4, 0.5) is 0 Å². The summed E-state index contributed by atoms with van der Waals surface area (Å²) >= 11 is 0. The van der Waals surface area contributed by atoms with E-state index in [0.717, 1.165) is 13.0 Å². The van der Waals surface area contributed by atoms with Crippen molar-refractivity contribution in [2.45, 2.75) is 71.1 Å². The van der Waals surface area contributed by atoms with Gasteiger partial charge in [0.1, 0.15) is 12.4 Å². The molecule has 1 aliphatic rings. The highest BCUT2D eigenvalue weighted by molar-refractivity contribution is 6.29. The van der Waals surface area contributed by atoms with Crippen LogP contribution in [0.25, 0.3) is 0 Å². The first-order chi connectivity index (χ1) is 27.7. The Bertz CT molecular complexity index is 1290. The number of rotatable bonds is 39. The normalized spacial score (nSPS) is 12.3. The highest BCUT2D eigenvalue weighted by Crippen LogP contribution is 2.33. The van der Waals surface area contributed by atoms with Crippen LogP contribution in [0.5, 0.6) is 5.75 Å². The number of ketones is 2. The number of unbranched alkanes of at least 4 members (excludes halogenated alkanes) is 9. The molecule has 0 heterocycles. The van der Waals surface area contributed by atoms with Crippen molar-refractivity contribution in [3.63, 3.8) is 0 Å². The molecular formula is C44H68O12. The quantitative estimate of drug-likeness (QED) is 0.0558. The monoisotopic (exact) mass is 788 g/mol. The molecule has 0 saturated carbocycles. The van der Waals surface area contributed by atoms with Crippen LogP contribution in [-0.4, -0.2) is 137 Å². The van der Waals surface area contributed by atoms with Gasteiger partial charge in [-0.25, -0.2) is 0 Å². The molecular weight excluding hydrogens is 720 g/mol. The van der Waals surface area contributed by atoms with Crippen LogP contribution in [0, 0.1) is 0 Å². The number of benzene rings is 2. The second-order valence-corrected chi connectivity index (χ2v) is 13.4. The number of fused-ring (bicyclic) bond motifs is 2. The molecule has 0 amide bonds. The zero-order chi connectivity index (χ0) is 39.6. The number of ether oxygens (including phenoxy) is 10. The third-order valence-corrected chi connectivity index (χ3v) is 9.02. The van der Waals surface area contributed by atoms with E-state index in [1.807, 2.05) is 0 Å². The van der Waals surface area contributed by atoms with Crippen molar-refractivity contribution in [1.82, 2.24) is 0 Å². The number of hydrogen-bond donors (Lipinski definition) is 0. The molecule has 316 valence electrons. The largest absolute Gasteiger partial charge is 0.490 e. The molecule has 0 aliphatic heterocycles. The fourth-order valence-corrected chi connectivity index (χ4v) is 6.00. The van der Waals surface area contributed by atoms with E-state index in [0.29, 0.717) is 140 Å². The van der Waals surface area contributed by atoms with Crippen LogP contribution in [-0.2, 0) is 42.6 Å². The zero-order valence-electron chi connectivity index (χ0n) is 33.9. The topological polar surface area (TPSA) is 126 Å². The summed E-state index contributed by atoms with van der Waals surface area (Å²) in [7, 11) is 0. The van der Waals surface area contributed by atoms with Crippen LogP contribution >= 0.6 is 0 Å². The molecule has 12 heteroatoms. The Hall–Kier alpha value is -2.78. The zero-order valence-corrected chi connectivity index (χ0v) is 33.9. The number of carbonyl (C=O) groups is 2. The van der Waals surface area contributed by atoms with Crippen LogP contribution in [0.2, 0.25) is 0 Å². The summed E-state index contributed by atoms with van der Waals surface area (Å²) in [6, 6.07) is 11.9. The smallest absolute Gasteiger partial charge is 0.198 e. The van der Waals surface area contributed by atoms with Crippen LogP contribution in [0.3, 0.4) is 0 Å². The number of hydrogen-bond acceptors (Lipinski definition) is 12. The first kappa shape index (κ1) is 47.6. The molecule has 2 aromatic rings. The van der Waals surface area contributed by atoms with Gasteiger partial charge in [0, 0.05) is 23.3 Å². The minimum atomic E-state index is -0.207. The third kappa shape index (κ3) is 21.1. The highest BCUT2D eigenvalue weighted by atomic mass is 16.6. The maximum Gasteiger partial charge on any atom is 0.198 e. The van der Waals surface area contributed by atoms with E-state index in [9.17, 15) is 9.59 Å². The first-order valence-corrected chi connectivity index (χ1v) is 20.9. The van der Waals surface area contributed by atoms with Gasteiger partial charge in [-0.3, -0.25) is 9.59 Å². The average Bonchev–Trinajstić information content (AvgIpc) is 3.22. The van der Waals surface area contributed by atoms with Crippen LogP contribution < -0.4 is 4.74 Å². The molecule has 2 aromatic carbocycles. The van der Waals surface area contributed by atoms with E-state index in [1.165, 1.54) is 57.8 Å². The lowest BCUT2D eigenvalue weighted by Crippen LogP contribution is -2.22. The Morgan fingerprint density at radius 3 is 1.11 bits per heavy atom. The summed E-state index contributed by atoms with van der Waals surface area (Å²) in [5, 5.41) is 0. The van der Waals surface area contributed by atoms with E-state index in [-0.39, 0.29) is 18.2 Å². The van der Waals surface area contributed by atoms with E-state index in [2.05, 4.69) is 6.92 Å². The Labute approximate surface area is 335 Å². The molecule has 56 heavy (non-hydrogen) atoms. The molecule has 0 aromatic heterocycles. The van der Waals surface area contributed by atoms with Gasteiger partial charge in [-0.1, -0.05) is 101 Å². The molecule has 0 unspecified atom stereocenters. The molecule has 0 atom stereocenters. The molecule has 3 rings (SSSR count). The molecule has 0 spiro atoms. The maximum absolute atomic E-state index is 13.1. The average molecular weight is 789 g/mol. The van der Waals surface area contributed by atoms with Gasteiger partial charge < -0.3 is 47.4 Å². The molecule has 1 aliphatic carbocycles. The Morgan fingerprint density at radius 1 is 0.339 bits per heavy atom. The minimum Gasteiger partial charge on any atom is -0.490 e. The Kier molecular flexibility index (Phi) is 28.2. The maximum atomic E-state index is 13.1. The summed E-state index contributed by atoms with van der Waals surface area (Å²) in [5.41, 5.74) is 1.49. The van der Waals surface area contributed by atoms with Gasteiger partial charge in [0.15, 0.2) is 11.6 Å². The molecule has 0 radical (unpaired) electrons. The lowest BCUT2D eigenvalue weighted by molar-refractivity contribution is -0.0254. The predicted octanol–water partition coefficient (Wildman–Crippen LogP) is 6.91. The van der Waals surface area contributed by atoms with Gasteiger partial charge in [-0.15, -0.1) is 0 Å². The number of carbonyl (C=O) groups excluding carboxylic acids is 2. The van der Waals surface area contributed by atoms with E-state index < -0.39 is 0 Å². The van der Waals surface area contributed by atoms with Gasteiger partial charge in [-0.05, 0) is 12.5 Å². The van der Waals surface area contributed by atoms with Gasteiger partial charge in [0.05, 0.1) is 118 Å². The fourth-order valence-electron chi connectivity index (χ4n) is 6.00. The van der Waals surface area contributed by atoms with E-state index in [4.69, 9.17) is 47.4 Å². The minimum absolute atomic E-state index is 0.171. The van der Waals surface area contributed by atoms with Crippen molar-refractivity contribution in [2.75, 3.05) is 126 Å². The first-order valence-electron chi connectivity index (χ1n) is 20.9. The van der Waals surface area contributed by atoms with Crippen molar-refractivity contribution in [2.24, 2.45) is 0 Å². The lowest BCUT2D eigenvalue weighted by Gasteiger charge is -2.20. The summed E-state index contributed by atoms with van der Waals surface area (Å²) in [5.74, 6) is 0.00616. The van der Waals surface area contributed by atoms with Gasteiger partial charge in [0.25, 0.3) is 0 Å². The second-order valence-electron chi connectivity index (χ2n) is 13.4. The van der Waals surface area contributed by atoms with Crippen molar-refractivity contribution in [1.29, 1.82) is 0 Å². The predicted molar refractivity (Wildman–Crippen MR) is 214 cm³/mol. The van der Waals surface area contributed by atoms with Crippen LogP contribution in [0.1, 0.15) is 103 Å². The standard InChI is InChI=1S/C44H68O12/c1-2-3-4-5-6-7-8-9-10-13-19-47-20-21-48-22-23-49-24-25-50-26-27-51-28-29-52-30-31-53-32-33-54-34-35-55-36-37-56-41-18-14-17-40-42(41)44(46)39-16-12-11-15-38(39)43(40)45/h11-12,14-18H,2-10,13,19-37H2,1H3.